The van der Waals surface area contributed by atoms with Crippen molar-refractivity contribution in [3.05, 3.63) is 64.3 Å². The summed E-state index contributed by atoms with van der Waals surface area (Å²) in [7, 11) is 1.63. The van der Waals surface area contributed by atoms with Gasteiger partial charge in [-0.3, -0.25) is 9.78 Å². The lowest BCUT2D eigenvalue weighted by Crippen LogP contribution is -2.42. The third-order valence-electron chi connectivity index (χ3n) is 5.77. The molecular weight excluding hydrogens is 461 g/mol. The van der Waals surface area contributed by atoms with Crippen LogP contribution in [0.5, 0.6) is 11.5 Å². The molecule has 1 N–H and O–H groups in total. The fourth-order valence-corrected chi connectivity index (χ4v) is 4.32. The number of ether oxygens (including phenoxy) is 2. The zero-order valence-corrected chi connectivity index (χ0v) is 20.0. The quantitative estimate of drug-likeness (QED) is 0.496. The topological polar surface area (TPSA) is 63.7 Å². The summed E-state index contributed by atoms with van der Waals surface area (Å²) < 4.78 is 11.5. The van der Waals surface area contributed by atoms with Crippen LogP contribution in [-0.2, 0) is 11.2 Å². The zero-order valence-electron chi connectivity index (χ0n) is 18.5. The molecule has 0 radical (unpaired) electrons. The Bertz CT molecular complexity index is 1120. The molecule has 0 spiro atoms. The molecule has 8 heteroatoms. The van der Waals surface area contributed by atoms with Gasteiger partial charge >= 0.3 is 0 Å². The fraction of sp³-hybridized carbons (Fsp3) is 0.360. The van der Waals surface area contributed by atoms with Crippen LogP contribution in [0.1, 0.15) is 18.5 Å². The highest BCUT2D eigenvalue weighted by molar-refractivity contribution is 6.42. The van der Waals surface area contributed by atoms with E-state index in [1.165, 1.54) is 0 Å². The lowest BCUT2D eigenvalue weighted by atomic mass is 10.1. The first-order valence-electron chi connectivity index (χ1n) is 11.1. The van der Waals surface area contributed by atoms with Crippen LogP contribution in [0.15, 0.2) is 48.5 Å². The summed E-state index contributed by atoms with van der Waals surface area (Å²) in [5, 5.41) is 4.97. The van der Waals surface area contributed by atoms with Gasteiger partial charge in [0.2, 0.25) is 5.91 Å². The molecule has 1 aliphatic rings. The number of amides is 1. The molecule has 174 valence electrons. The number of carbonyl (C=O) groups excluding carboxylic acids is 1. The highest BCUT2D eigenvalue weighted by Gasteiger charge is 2.20. The molecule has 2 aromatic carbocycles. The van der Waals surface area contributed by atoms with Crippen LogP contribution in [0.4, 0.5) is 0 Å². The summed E-state index contributed by atoms with van der Waals surface area (Å²) >= 11 is 12.0. The Kier molecular flexibility index (Phi) is 7.91. The normalized spacial score (nSPS) is 14.9. The molecule has 0 saturated carbocycles. The van der Waals surface area contributed by atoms with Gasteiger partial charge < -0.3 is 19.7 Å². The second kappa shape index (κ2) is 11.1. The van der Waals surface area contributed by atoms with Crippen molar-refractivity contribution in [2.24, 2.45) is 0 Å². The van der Waals surface area contributed by atoms with E-state index in [1.54, 1.807) is 19.2 Å². The average molecular weight is 488 g/mol. The maximum atomic E-state index is 12.4. The highest BCUT2D eigenvalue weighted by atomic mass is 35.5. The molecule has 6 nitrogen and oxygen atoms in total. The van der Waals surface area contributed by atoms with E-state index in [0.29, 0.717) is 22.3 Å². The number of benzene rings is 2. The number of halogens is 2. The smallest absolute Gasteiger partial charge is 0.226 e. The highest BCUT2D eigenvalue weighted by Crippen LogP contribution is 2.28. The van der Waals surface area contributed by atoms with Gasteiger partial charge in [-0.05, 0) is 37.1 Å². The predicted molar refractivity (Wildman–Crippen MR) is 132 cm³/mol. The molecule has 2 heterocycles. The van der Waals surface area contributed by atoms with Crippen molar-refractivity contribution in [3.63, 3.8) is 0 Å². The van der Waals surface area contributed by atoms with Crippen molar-refractivity contribution in [2.45, 2.75) is 25.4 Å². The van der Waals surface area contributed by atoms with E-state index in [-0.39, 0.29) is 18.4 Å². The van der Waals surface area contributed by atoms with Gasteiger partial charge in [-0.2, -0.15) is 0 Å². The van der Waals surface area contributed by atoms with Gasteiger partial charge in [0.15, 0.2) is 0 Å². The van der Waals surface area contributed by atoms with E-state index in [0.717, 1.165) is 54.9 Å². The van der Waals surface area contributed by atoms with Crippen LogP contribution in [-0.4, -0.2) is 55.2 Å². The van der Waals surface area contributed by atoms with Crippen molar-refractivity contribution in [2.75, 3.05) is 33.3 Å². The van der Waals surface area contributed by atoms with Gasteiger partial charge in [-0.1, -0.05) is 35.3 Å². The van der Waals surface area contributed by atoms with Crippen LogP contribution < -0.4 is 14.8 Å². The second-order valence-corrected chi connectivity index (χ2v) is 8.91. The summed E-state index contributed by atoms with van der Waals surface area (Å²) in [6, 6.07) is 14.9. The van der Waals surface area contributed by atoms with E-state index in [9.17, 15) is 4.79 Å². The number of piperidine rings is 1. The van der Waals surface area contributed by atoms with Crippen molar-refractivity contribution < 1.29 is 14.3 Å². The number of para-hydroxylation sites is 1. The number of rotatable bonds is 8. The van der Waals surface area contributed by atoms with Gasteiger partial charge in [0, 0.05) is 43.7 Å². The van der Waals surface area contributed by atoms with E-state index in [4.69, 9.17) is 32.7 Å². The van der Waals surface area contributed by atoms with Crippen molar-refractivity contribution >= 4 is 40.0 Å². The van der Waals surface area contributed by atoms with Crippen LogP contribution in [0.25, 0.3) is 10.9 Å². The third-order valence-corrected chi connectivity index (χ3v) is 6.51. The Morgan fingerprint density at radius 2 is 1.91 bits per heavy atom. The van der Waals surface area contributed by atoms with Crippen LogP contribution in [0.3, 0.4) is 0 Å². The van der Waals surface area contributed by atoms with Gasteiger partial charge in [-0.15, -0.1) is 0 Å². The molecule has 1 aromatic heterocycles. The van der Waals surface area contributed by atoms with E-state index in [2.05, 4.69) is 15.2 Å². The number of hydrogen-bond acceptors (Lipinski definition) is 5. The van der Waals surface area contributed by atoms with Crippen LogP contribution in [0, 0.1) is 0 Å². The fourth-order valence-electron chi connectivity index (χ4n) is 4.03. The summed E-state index contributed by atoms with van der Waals surface area (Å²) in [6.45, 7) is 3.25. The molecule has 3 aromatic rings. The molecule has 0 atom stereocenters. The van der Waals surface area contributed by atoms with Gasteiger partial charge in [-0.25, -0.2) is 0 Å². The number of fused-ring (bicyclic) bond motifs is 1. The second-order valence-electron chi connectivity index (χ2n) is 8.09. The summed E-state index contributed by atoms with van der Waals surface area (Å²) in [5.41, 5.74) is 1.52. The molecule has 4 rings (SSSR count). The Balaban J connectivity index is 1.20. The molecular formula is C25H27Cl2N3O3. The van der Waals surface area contributed by atoms with Crippen molar-refractivity contribution in [1.82, 2.24) is 15.2 Å². The average Bonchev–Trinajstić information content (AvgIpc) is 2.82. The molecule has 0 aliphatic carbocycles. The molecule has 1 saturated heterocycles. The molecule has 1 fully saturated rings. The Hall–Kier alpha value is -2.54. The first-order chi connectivity index (χ1) is 16.0. The minimum atomic E-state index is -0.0438. The number of methoxy groups -OCH3 is 1. The summed E-state index contributed by atoms with van der Waals surface area (Å²) in [5.74, 6) is 1.43. The molecule has 1 amide bonds. The standard InChI is InChI=1S/C25H27Cl2N3O3/c1-32-24-14-17(29-23-5-3-2-4-20(23)24)15-25(31)28-10-13-30-11-8-18(9-12-30)33-19-6-7-21(26)22(27)16-19/h2-7,14,16,18H,8-13,15H2,1H3,(H,28,31). The van der Waals surface area contributed by atoms with Gasteiger partial charge in [0.05, 0.1) is 34.8 Å². The van der Waals surface area contributed by atoms with Gasteiger partial charge in [0.25, 0.3) is 0 Å². The monoisotopic (exact) mass is 487 g/mol. The number of nitrogens with zero attached hydrogens (tertiary/aromatic N) is 2. The van der Waals surface area contributed by atoms with Crippen LogP contribution in [0.2, 0.25) is 10.0 Å². The number of pyridine rings is 1. The minimum absolute atomic E-state index is 0.0438. The van der Waals surface area contributed by atoms with Crippen LogP contribution >= 0.6 is 23.2 Å². The number of aromatic nitrogens is 1. The first-order valence-corrected chi connectivity index (χ1v) is 11.8. The van der Waals surface area contributed by atoms with Crippen molar-refractivity contribution in [1.29, 1.82) is 0 Å². The SMILES string of the molecule is COc1cc(CC(=O)NCCN2CCC(Oc3ccc(Cl)c(Cl)c3)CC2)nc2ccccc12. The number of nitrogens with one attached hydrogen (secondary N) is 1. The predicted octanol–water partition coefficient (Wildman–Crippen LogP) is 4.75. The first kappa shape index (κ1) is 23.6. The lowest BCUT2D eigenvalue weighted by Gasteiger charge is -2.32. The van der Waals surface area contributed by atoms with E-state index >= 15 is 0 Å². The van der Waals surface area contributed by atoms with Crippen molar-refractivity contribution in [3.8, 4) is 11.5 Å². The minimum Gasteiger partial charge on any atom is -0.496 e. The van der Waals surface area contributed by atoms with E-state index in [1.807, 2.05) is 36.4 Å². The Labute approximate surface area is 203 Å². The largest absolute Gasteiger partial charge is 0.496 e. The number of carbonyl (C=O) groups is 1. The molecule has 0 bridgehead atoms. The summed E-state index contributed by atoms with van der Waals surface area (Å²) in [6.07, 6.45) is 2.23. The van der Waals surface area contributed by atoms with Gasteiger partial charge in [0.1, 0.15) is 17.6 Å². The number of hydrogen-bond donors (Lipinski definition) is 1. The number of likely N-dealkylation sites (tertiary alicyclic amines) is 1. The molecule has 0 unspecified atom stereocenters. The molecule has 33 heavy (non-hydrogen) atoms. The Morgan fingerprint density at radius 3 is 2.67 bits per heavy atom. The zero-order chi connectivity index (χ0) is 23.2. The maximum absolute atomic E-state index is 12.4. The maximum Gasteiger partial charge on any atom is 0.226 e. The Morgan fingerprint density at radius 1 is 1.12 bits per heavy atom. The lowest BCUT2D eigenvalue weighted by molar-refractivity contribution is -0.120. The molecule has 1 aliphatic heterocycles. The summed E-state index contributed by atoms with van der Waals surface area (Å²) in [4.78, 5) is 19.4. The van der Waals surface area contributed by atoms with E-state index < -0.39 is 0 Å². The third kappa shape index (κ3) is 6.28.